The zero-order chi connectivity index (χ0) is 15.2. The monoisotopic (exact) mass is 352 g/mol. The Hall–Kier alpha value is -1.33. The summed E-state index contributed by atoms with van der Waals surface area (Å²) in [6, 6.07) is 9.65. The molecule has 1 aromatic heterocycles. The molecule has 114 valence electrons. The lowest BCUT2D eigenvalue weighted by molar-refractivity contribution is 0.137. The summed E-state index contributed by atoms with van der Waals surface area (Å²) < 4.78 is 8.45. The molecular formula is C16H21BrN2O2. The van der Waals surface area contributed by atoms with E-state index < -0.39 is 6.10 Å². The number of ether oxygens (including phenoxy) is 1. The van der Waals surface area contributed by atoms with Gasteiger partial charge in [-0.15, -0.1) is 0 Å². The highest BCUT2D eigenvalue weighted by atomic mass is 79.9. The number of aromatic nitrogens is 2. The molecule has 1 atom stereocenters. The molecule has 0 aliphatic heterocycles. The lowest BCUT2D eigenvalue weighted by atomic mass is 10.1. The standard InChI is InChI=1S/C16H21BrN2O2/c1-3-14-16(17)15(19(2)18-14)11-12(20)9-10-21-13-7-5-4-6-8-13/h4-8,12,20H,3,9-11H2,1-2H3. The lowest BCUT2D eigenvalue weighted by Gasteiger charge is -2.12. The molecule has 21 heavy (non-hydrogen) atoms. The second-order valence-electron chi connectivity index (χ2n) is 4.99. The minimum absolute atomic E-state index is 0.440. The van der Waals surface area contributed by atoms with E-state index in [0.717, 1.165) is 28.0 Å². The Balaban J connectivity index is 1.85. The van der Waals surface area contributed by atoms with Crippen molar-refractivity contribution in [1.82, 2.24) is 9.78 Å². The van der Waals surface area contributed by atoms with Crippen LogP contribution >= 0.6 is 15.9 Å². The summed E-state index contributed by atoms with van der Waals surface area (Å²) in [5.41, 5.74) is 2.05. The van der Waals surface area contributed by atoms with Crippen LogP contribution in [0.15, 0.2) is 34.8 Å². The third kappa shape index (κ3) is 4.32. The fraction of sp³-hybridized carbons (Fsp3) is 0.438. The molecule has 0 saturated carbocycles. The maximum absolute atomic E-state index is 10.2. The van der Waals surface area contributed by atoms with Gasteiger partial charge in [0.05, 0.1) is 28.6 Å². The highest BCUT2D eigenvalue weighted by Crippen LogP contribution is 2.23. The summed E-state index contributed by atoms with van der Waals surface area (Å²) in [6.45, 7) is 2.57. The van der Waals surface area contributed by atoms with Crippen molar-refractivity contribution in [2.24, 2.45) is 7.05 Å². The van der Waals surface area contributed by atoms with E-state index in [0.29, 0.717) is 19.4 Å². The Morgan fingerprint density at radius 1 is 1.33 bits per heavy atom. The molecule has 0 aliphatic rings. The molecule has 0 saturated heterocycles. The first-order chi connectivity index (χ1) is 10.1. The van der Waals surface area contributed by atoms with Crippen molar-refractivity contribution in [3.8, 4) is 5.75 Å². The van der Waals surface area contributed by atoms with Gasteiger partial charge in [-0.1, -0.05) is 25.1 Å². The number of halogens is 1. The Morgan fingerprint density at radius 2 is 2.05 bits per heavy atom. The molecular weight excluding hydrogens is 332 g/mol. The molecule has 1 N–H and O–H groups in total. The third-order valence-corrected chi connectivity index (χ3v) is 4.31. The number of aliphatic hydroxyl groups is 1. The van der Waals surface area contributed by atoms with Crippen LogP contribution < -0.4 is 4.74 Å². The molecule has 0 radical (unpaired) electrons. The summed E-state index contributed by atoms with van der Waals surface area (Å²) >= 11 is 3.57. The molecule has 1 aromatic carbocycles. The molecule has 0 fully saturated rings. The predicted molar refractivity (Wildman–Crippen MR) is 86.6 cm³/mol. The average Bonchev–Trinajstić information content (AvgIpc) is 2.76. The van der Waals surface area contributed by atoms with Gasteiger partial charge in [-0.25, -0.2) is 0 Å². The number of benzene rings is 1. The summed E-state index contributed by atoms with van der Waals surface area (Å²) in [6.07, 6.45) is 1.60. The number of aliphatic hydroxyl groups excluding tert-OH is 1. The van der Waals surface area contributed by atoms with Crippen molar-refractivity contribution >= 4 is 15.9 Å². The van der Waals surface area contributed by atoms with Crippen LogP contribution in [0.2, 0.25) is 0 Å². The third-order valence-electron chi connectivity index (χ3n) is 3.39. The molecule has 1 heterocycles. The van der Waals surface area contributed by atoms with Crippen LogP contribution in [0.4, 0.5) is 0 Å². The first-order valence-electron chi connectivity index (χ1n) is 7.18. The molecule has 0 bridgehead atoms. The molecule has 5 heteroatoms. The summed E-state index contributed by atoms with van der Waals surface area (Å²) in [5, 5.41) is 14.6. The van der Waals surface area contributed by atoms with Crippen molar-refractivity contribution in [1.29, 1.82) is 0 Å². The molecule has 4 nitrogen and oxygen atoms in total. The van der Waals surface area contributed by atoms with Crippen molar-refractivity contribution in [2.45, 2.75) is 32.3 Å². The highest BCUT2D eigenvalue weighted by molar-refractivity contribution is 9.10. The van der Waals surface area contributed by atoms with Crippen molar-refractivity contribution < 1.29 is 9.84 Å². The minimum atomic E-state index is -0.440. The van der Waals surface area contributed by atoms with Gasteiger partial charge in [0.2, 0.25) is 0 Å². The normalized spacial score (nSPS) is 12.4. The van der Waals surface area contributed by atoms with E-state index in [1.54, 1.807) is 0 Å². The van der Waals surface area contributed by atoms with Crippen LogP contribution in [0, 0.1) is 0 Å². The number of nitrogens with zero attached hydrogens (tertiary/aromatic N) is 2. The van der Waals surface area contributed by atoms with Gasteiger partial charge in [0.25, 0.3) is 0 Å². The number of aryl methyl sites for hydroxylation is 2. The SMILES string of the molecule is CCc1nn(C)c(CC(O)CCOc2ccccc2)c1Br. The molecule has 2 aromatic rings. The second-order valence-corrected chi connectivity index (χ2v) is 5.79. The number of para-hydroxylation sites is 1. The van der Waals surface area contributed by atoms with E-state index in [2.05, 4.69) is 28.0 Å². The smallest absolute Gasteiger partial charge is 0.119 e. The topological polar surface area (TPSA) is 47.3 Å². The van der Waals surface area contributed by atoms with E-state index >= 15 is 0 Å². The fourth-order valence-corrected chi connectivity index (χ4v) is 2.97. The molecule has 0 amide bonds. The van der Waals surface area contributed by atoms with E-state index in [4.69, 9.17) is 4.74 Å². The Morgan fingerprint density at radius 3 is 2.67 bits per heavy atom. The van der Waals surface area contributed by atoms with Gasteiger partial charge in [-0.05, 0) is 34.5 Å². The number of rotatable bonds is 7. The van der Waals surface area contributed by atoms with Crippen molar-refractivity contribution in [3.63, 3.8) is 0 Å². The summed E-state index contributed by atoms with van der Waals surface area (Å²) in [4.78, 5) is 0. The number of hydrogen-bond acceptors (Lipinski definition) is 3. The Bertz CT molecular complexity index is 569. The summed E-state index contributed by atoms with van der Waals surface area (Å²) in [7, 11) is 1.91. The van der Waals surface area contributed by atoms with E-state index in [9.17, 15) is 5.11 Å². The highest BCUT2D eigenvalue weighted by Gasteiger charge is 2.16. The zero-order valence-electron chi connectivity index (χ0n) is 12.4. The van der Waals surface area contributed by atoms with Gasteiger partial charge in [0, 0.05) is 19.9 Å². The minimum Gasteiger partial charge on any atom is -0.493 e. The first kappa shape index (κ1) is 16.0. The van der Waals surface area contributed by atoms with Crippen molar-refractivity contribution in [2.75, 3.05) is 6.61 Å². The van der Waals surface area contributed by atoms with Gasteiger partial charge in [-0.2, -0.15) is 5.10 Å². The molecule has 1 unspecified atom stereocenters. The van der Waals surface area contributed by atoms with Gasteiger partial charge >= 0.3 is 0 Å². The quantitative estimate of drug-likeness (QED) is 0.832. The summed E-state index contributed by atoms with van der Waals surface area (Å²) in [5.74, 6) is 0.833. The molecule has 2 rings (SSSR count). The lowest BCUT2D eigenvalue weighted by Crippen LogP contribution is -2.17. The average molecular weight is 353 g/mol. The fourth-order valence-electron chi connectivity index (χ4n) is 2.20. The first-order valence-corrected chi connectivity index (χ1v) is 7.97. The van der Waals surface area contributed by atoms with Gasteiger partial charge in [0.1, 0.15) is 5.75 Å². The molecule has 0 aliphatic carbocycles. The van der Waals surface area contributed by atoms with E-state index in [1.807, 2.05) is 42.1 Å². The van der Waals surface area contributed by atoms with Crippen LogP contribution in [-0.2, 0) is 19.9 Å². The Kier molecular flexibility index (Phi) is 5.82. The largest absolute Gasteiger partial charge is 0.493 e. The van der Waals surface area contributed by atoms with Crippen LogP contribution in [0.3, 0.4) is 0 Å². The molecule has 0 spiro atoms. The van der Waals surface area contributed by atoms with Gasteiger partial charge in [-0.3, -0.25) is 4.68 Å². The Labute approximate surface area is 133 Å². The van der Waals surface area contributed by atoms with Crippen LogP contribution in [0.25, 0.3) is 0 Å². The van der Waals surface area contributed by atoms with Crippen molar-refractivity contribution in [3.05, 3.63) is 46.2 Å². The van der Waals surface area contributed by atoms with Crippen LogP contribution in [0.1, 0.15) is 24.7 Å². The zero-order valence-corrected chi connectivity index (χ0v) is 14.0. The second kappa shape index (κ2) is 7.61. The van der Waals surface area contributed by atoms with Crippen LogP contribution in [0.5, 0.6) is 5.75 Å². The number of hydrogen-bond donors (Lipinski definition) is 1. The van der Waals surface area contributed by atoms with E-state index in [-0.39, 0.29) is 0 Å². The maximum Gasteiger partial charge on any atom is 0.119 e. The van der Waals surface area contributed by atoms with Gasteiger partial charge in [0.15, 0.2) is 0 Å². The predicted octanol–water partition coefficient (Wildman–Crippen LogP) is 3.12. The van der Waals surface area contributed by atoms with Crippen LogP contribution in [-0.4, -0.2) is 27.6 Å². The van der Waals surface area contributed by atoms with Gasteiger partial charge < -0.3 is 9.84 Å². The maximum atomic E-state index is 10.2. The van der Waals surface area contributed by atoms with E-state index in [1.165, 1.54) is 0 Å².